The van der Waals surface area contributed by atoms with E-state index in [2.05, 4.69) is 142 Å². The van der Waals surface area contributed by atoms with Crippen LogP contribution in [0, 0.1) is 0 Å². The number of carbonyl (C=O) groups is 3. The maximum absolute atomic E-state index is 12.9. The molecular weight excluding hydrogens is 997 g/mol. The molecule has 0 aliphatic heterocycles. The number of ether oxygens (including phenoxy) is 3. The fourth-order valence-electron chi connectivity index (χ4n) is 9.37. The van der Waals surface area contributed by atoms with Crippen LogP contribution in [0.15, 0.2) is 122 Å². The molecule has 0 heterocycles. The number of rotatable bonds is 61. The fourth-order valence-corrected chi connectivity index (χ4v) is 9.37. The van der Waals surface area contributed by atoms with E-state index in [4.69, 9.17) is 14.2 Å². The molecule has 0 N–H and O–H groups in total. The molecule has 0 fully saturated rings. The predicted octanol–water partition coefficient (Wildman–Crippen LogP) is 23.6. The van der Waals surface area contributed by atoms with Gasteiger partial charge in [0.25, 0.3) is 0 Å². The van der Waals surface area contributed by atoms with Crippen molar-refractivity contribution in [1.29, 1.82) is 0 Å². The molecule has 0 aromatic heterocycles. The topological polar surface area (TPSA) is 78.9 Å². The molecule has 1 atom stereocenters. The highest BCUT2D eigenvalue weighted by molar-refractivity contribution is 5.71. The number of hydrogen-bond acceptors (Lipinski definition) is 6. The highest BCUT2D eigenvalue weighted by atomic mass is 16.6. The lowest BCUT2D eigenvalue weighted by atomic mass is 10.0. The number of hydrogen-bond donors (Lipinski definition) is 0. The van der Waals surface area contributed by atoms with Crippen LogP contribution in [0.25, 0.3) is 0 Å². The Morgan fingerprint density at radius 1 is 0.259 bits per heavy atom. The van der Waals surface area contributed by atoms with E-state index in [1.165, 1.54) is 148 Å². The molecule has 0 amide bonds. The van der Waals surface area contributed by atoms with E-state index in [1.807, 2.05) is 0 Å². The lowest BCUT2D eigenvalue weighted by Gasteiger charge is -2.18. The molecule has 6 heteroatoms. The molecule has 81 heavy (non-hydrogen) atoms. The summed E-state index contributed by atoms with van der Waals surface area (Å²) in [6, 6.07) is 0. The summed E-state index contributed by atoms with van der Waals surface area (Å²) in [5, 5.41) is 0. The van der Waals surface area contributed by atoms with Gasteiger partial charge in [-0.2, -0.15) is 0 Å². The molecule has 0 aromatic carbocycles. The van der Waals surface area contributed by atoms with Gasteiger partial charge >= 0.3 is 17.9 Å². The summed E-state index contributed by atoms with van der Waals surface area (Å²) < 4.78 is 16.8. The smallest absolute Gasteiger partial charge is 0.306 e. The zero-order valence-electron chi connectivity index (χ0n) is 53.0. The van der Waals surface area contributed by atoms with Crippen LogP contribution in [0.4, 0.5) is 0 Å². The number of esters is 3. The van der Waals surface area contributed by atoms with Crippen LogP contribution in [0.5, 0.6) is 0 Å². The first kappa shape index (κ1) is 76.8. The summed E-state index contributed by atoms with van der Waals surface area (Å²) in [4.78, 5) is 38.0. The first-order valence-corrected chi connectivity index (χ1v) is 34.0. The number of allylic oxidation sites excluding steroid dienone is 20. The Labute approximate surface area is 501 Å². The van der Waals surface area contributed by atoms with E-state index in [9.17, 15) is 14.4 Å². The van der Waals surface area contributed by atoms with Gasteiger partial charge < -0.3 is 14.2 Å². The molecule has 462 valence electrons. The zero-order valence-corrected chi connectivity index (χ0v) is 53.0. The second kappa shape index (κ2) is 68.3. The van der Waals surface area contributed by atoms with Gasteiger partial charge in [0, 0.05) is 19.3 Å². The van der Waals surface area contributed by atoms with Gasteiger partial charge in [0.1, 0.15) is 13.2 Å². The minimum absolute atomic E-state index is 0.0896. The van der Waals surface area contributed by atoms with Gasteiger partial charge in [-0.15, -0.1) is 0 Å². The van der Waals surface area contributed by atoms with Crippen LogP contribution in [0.1, 0.15) is 316 Å². The molecular formula is C75H126O6. The molecule has 0 saturated heterocycles. The van der Waals surface area contributed by atoms with Gasteiger partial charge in [0.05, 0.1) is 0 Å². The average molecular weight is 1120 g/mol. The summed E-state index contributed by atoms with van der Waals surface area (Å²) in [7, 11) is 0. The second-order valence-corrected chi connectivity index (χ2v) is 22.4. The molecule has 0 spiro atoms. The van der Waals surface area contributed by atoms with Crippen molar-refractivity contribution in [3.8, 4) is 0 Å². The van der Waals surface area contributed by atoms with E-state index in [1.54, 1.807) is 0 Å². The van der Waals surface area contributed by atoms with Crippen LogP contribution < -0.4 is 0 Å². The van der Waals surface area contributed by atoms with Gasteiger partial charge in [-0.25, -0.2) is 0 Å². The lowest BCUT2D eigenvalue weighted by molar-refractivity contribution is -0.167. The van der Waals surface area contributed by atoms with Crippen molar-refractivity contribution in [3.05, 3.63) is 122 Å². The third kappa shape index (κ3) is 66.5. The first-order chi connectivity index (χ1) is 40.0. The van der Waals surface area contributed by atoms with Gasteiger partial charge in [0.15, 0.2) is 6.10 Å². The van der Waals surface area contributed by atoms with Gasteiger partial charge in [0.2, 0.25) is 0 Å². The summed E-state index contributed by atoms with van der Waals surface area (Å²) >= 11 is 0. The molecule has 0 aliphatic rings. The van der Waals surface area contributed by atoms with Crippen molar-refractivity contribution >= 4 is 17.9 Å². The molecule has 1 unspecified atom stereocenters. The molecule has 6 nitrogen and oxygen atoms in total. The fraction of sp³-hybridized carbons (Fsp3) is 0.693. The van der Waals surface area contributed by atoms with Gasteiger partial charge in [-0.1, -0.05) is 303 Å². The molecule has 0 radical (unpaired) electrons. The Morgan fingerprint density at radius 3 is 0.778 bits per heavy atom. The van der Waals surface area contributed by atoms with Crippen LogP contribution >= 0.6 is 0 Å². The first-order valence-electron chi connectivity index (χ1n) is 34.0. The third-order valence-corrected chi connectivity index (χ3v) is 14.5. The van der Waals surface area contributed by atoms with Crippen molar-refractivity contribution in [1.82, 2.24) is 0 Å². The zero-order chi connectivity index (χ0) is 58.5. The van der Waals surface area contributed by atoms with Gasteiger partial charge in [-0.05, 0) is 116 Å². The standard InChI is InChI=1S/C75H126O6/c1-4-7-10-13-15-17-19-21-23-25-27-29-31-33-35-36-37-38-40-41-43-45-47-49-51-53-55-57-59-62-65-68-74(77)80-71-72(70-79-73(76)67-64-61-12-9-6-3)81-75(78)69-66-63-60-58-56-54-52-50-48-46-44-42-39-34-32-30-28-26-24-22-20-18-16-14-11-8-5-2/h7,10,15,17,21,23,26-29,33,35,37-38,41,43,47,49,53,55,72H,4-6,8-9,11-14,16,18-20,22,24-25,30-32,34,36,39-40,42,44-46,48,50-52,54,56-71H2,1-3H3/b10-7-,17-15-,23-21-,28-26-,29-27-,35-33-,38-37-,43-41-,49-47-,55-53-. The number of unbranched alkanes of at least 4 members (excludes halogenated alkanes) is 30. The van der Waals surface area contributed by atoms with Crippen LogP contribution in [-0.4, -0.2) is 37.2 Å². The van der Waals surface area contributed by atoms with E-state index >= 15 is 0 Å². The molecule has 0 saturated carbocycles. The third-order valence-electron chi connectivity index (χ3n) is 14.5. The van der Waals surface area contributed by atoms with E-state index in [0.717, 1.165) is 128 Å². The van der Waals surface area contributed by atoms with E-state index in [-0.39, 0.29) is 31.1 Å². The van der Waals surface area contributed by atoms with E-state index in [0.29, 0.717) is 19.3 Å². The molecule has 0 rings (SSSR count). The molecule has 0 aliphatic carbocycles. The highest BCUT2D eigenvalue weighted by Gasteiger charge is 2.19. The summed E-state index contributed by atoms with van der Waals surface area (Å²) in [6.45, 7) is 6.43. The van der Waals surface area contributed by atoms with Crippen LogP contribution in [-0.2, 0) is 28.6 Å². The van der Waals surface area contributed by atoms with Crippen molar-refractivity contribution < 1.29 is 28.6 Å². The van der Waals surface area contributed by atoms with E-state index < -0.39 is 6.10 Å². The Kier molecular flexibility index (Phi) is 64.8. The predicted molar refractivity (Wildman–Crippen MR) is 353 cm³/mol. The summed E-state index contributed by atoms with van der Waals surface area (Å²) in [5.74, 6) is -0.932. The van der Waals surface area contributed by atoms with Gasteiger partial charge in [-0.3, -0.25) is 14.4 Å². The summed E-state index contributed by atoms with van der Waals surface area (Å²) in [5.41, 5.74) is 0. The Hall–Kier alpha value is -4.19. The summed E-state index contributed by atoms with van der Waals surface area (Å²) in [6.07, 6.45) is 95.6. The maximum atomic E-state index is 12.9. The second-order valence-electron chi connectivity index (χ2n) is 22.4. The Bertz CT molecular complexity index is 1670. The Balaban J connectivity index is 4.10. The minimum atomic E-state index is -0.791. The van der Waals surface area contributed by atoms with Crippen molar-refractivity contribution in [2.75, 3.05) is 13.2 Å². The largest absolute Gasteiger partial charge is 0.462 e. The van der Waals surface area contributed by atoms with Crippen molar-refractivity contribution in [2.45, 2.75) is 322 Å². The molecule has 0 aromatic rings. The van der Waals surface area contributed by atoms with Crippen LogP contribution in [0.3, 0.4) is 0 Å². The monoisotopic (exact) mass is 1120 g/mol. The van der Waals surface area contributed by atoms with Crippen molar-refractivity contribution in [3.63, 3.8) is 0 Å². The minimum Gasteiger partial charge on any atom is -0.462 e. The average Bonchev–Trinajstić information content (AvgIpc) is 3.47. The number of carbonyl (C=O) groups excluding carboxylic acids is 3. The highest BCUT2D eigenvalue weighted by Crippen LogP contribution is 2.16. The maximum Gasteiger partial charge on any atom is 0.306 e. The normalized spacial score (nSPS) is 12.9. The molecule has 0 bridgehead atoms. The Morgan fingerprint density at radius 2 is 0.481 bits per heavy atom. The van der Waals surface area contributed by atoms with Crippen LogP contribution in [0.2, 0.25) is 0 Å². The van der Waals surface area contributed by atoms with Crippen molar-refractivity contribution in [2.24, 2.45) is 0 Å². The SMILES string of the molecule is CC/C=C\C/C=C\C/C=C\C/C=C\C/C=C\C/C=C\C/C=C\C/C=C\C/C=C\CCCCCC(=O)OCC(COC(=O)CCCCCCC)OC(=O)CCCCCCCCCCCCCCCCC/C=C\CCCCCCCCCC. The lowest BCUT2D eigenvalue weighted by Crippen LogP contribution is -2.30. The quantitative estimate of drug-likeness (QED) is 0.0261.